The summed E-state index contributed by atoms with van der Waals surface area (Å²) in [6, 6.07) is 1.97. The number of nitrogens with one attached hydrogen (secondary N) is 1. The van der Waals surface area contributed by atoms with Gasteiger partial charge in [-0.15, -0.1) is 11.3 Å². The molecule has 0 bridgehead atoms. The van der Waals surface area contributed by atoms with Gasteiger partial charge in [-0.05, 0) is 23.8 Å². The molecule has 2 heterocycles. The Kier molecular flexibility index (Phi) is 3.91. The summed E-state index contributed by atoms with van der Waals surface area (Å²) in [5.41, 5.74) is 2.62. The Labute approximate surface area is 116 Å². The van der Waals surface area contributed by atoms with Gasteiger partial charge in [0.1, 0.15) is 11.4 Å². The normalized spacial score (nSPS) is 15.6. The van der Waals surface area contributed by atoms with E-state index in [0.29, 0.717) is 18.2 Å². The molecule has 0 aromatic carbocycles. The molecule has 1 fully saturated rings. The topological polar surface area (TPSA) is 73.1 Å². The van der Waals surface area contributed by atoms with E-state index in [0.717, 1.165) is 29.2 Å². The molecule has 102 valence electrons. The van der Waals surface area contributed by atoms with Crippen LogP contribution >= 0.6 is 11.3 Å². The third kappa shape index (κ3) is 2.86. The van der Waals surface area contributed by atoms with Crippen LogP contribution in [0.25, 0.3) is 10.2 Å². The summed E-state index contributed by atoms with van der Waals surface area (Å²) in [6.07, 6.45) is 5.27. The van der Waals surface area contributed by atoms with Gasteiger partial charge in [0.25, 0.3) is 0 Å². The van der Waals surface area contributed by atoms with E-state index in [4.69, 9.17) is 10.6 Å². The van der Waals surface area contributed by atoms with Crippen molar-refractivity contribution in [3.05, 3.63) is 17.3 Å². The van der Waals surface area contributed by atoms with Crippen LogP contribution in [0.3, 0.4) is 0 Å². The Morgan fingerprint density at radius 3 is 3.05 bits per heavy atom. The number of fused-ring (bicyclic) bond motifs is 1. The van der Waals surface area contributed by atoms with Gasteiger partial charge in [-0.2, -0.15) is 0 Å². The van der Waals surface area contributed by atoms with Crippen LogP contribution in [0, 0.1) is 5.92 Å². The van der Waals surface area contributed by atoms with Crippen LogP contribution in [0.15, 0.2) is 11.4 Å². The quantitative estimate of drug-likeness (QED) is 0.483. The molecule has 0 amide bonds. The molecule has 19 heavy (non-hydrogen) atoms. The first-order chi connectivity index (χ1) is 9.36. The Hall–Kier alpha value is -1.24. The SMILES string of the molecule is NNc1nc(COCCC2CCC2)nc2sccc12. The molecule has 0 saturated heterocycles. The average Bonchev–Trinajstić information content (AvgIpc) is 2.83. The van der Waals surface area contributed by atoms with E-state index >= 15 is 0 Å². The molecule has 0 spiro atoms. The highest BCUT2D eigenvalue weighted by Crippen LogP contribution is 2.29. The minimum Gasteiger partial charge on any atom is -0.373 e. The average molecular weight is 278 g/mol. The minimum atomic E-state index is 0.454. The summed E-state index contributed by atoms with van der Waals surface area (Å²) in [7, 11) is 0. The van der Waals surface area contributed by atoms with Crippen LogP contribution < -0.4 is 11.3 Å². The van der Waals surface area contributed by atoms with Crippen molar-refractivity contribution in [2.75, 3.05) is 12.0 Å². The summed E-state index contributed by atoms with van der Waals surface area (Å²) in [5.74, 6) is 7.73. The molecule has 0 unspecified atom stereocenters. The number of ether oxygens (including phenoxy) is 1. The Morgan fingerprint density at radius 1 is 1.42 bits per heavy atom. The molecule has 1 saturated carbocycles. The smallest absolute Gasteiger partial charge is 0.158 e. The predicted octanol–water partition coefficient (Wildman–Crippen LogP) is 2.68. The number of rotatable bonds is 6. The second kappa shape index (κ2) is 5.81. The fourth-order valence-corrected chi connectivity index (χ4v) is 3.05. The van der Waals surface area contributed by atoms with E-state index in [-0.39, 0.29) is 0 Å². The van der Waals surface area contributed by atoms with Gasteiger partial charge in [0.2, 0.25) is 0 Å². The Morgan fingerprint density at radius 2 is 2.32 bits per heavy atom. The third-order valence-electron chi connectivity index (χ3n) is 3.63. The van der Waals surface area contributed by atoms with Crippen molar-refractivity contribution in [1.29, 1.82) is 0 Å². The lowest BCUT2D eigenvalue weighted by molar-refractivity contribution is 0.0909. The zero-order chi connectivity index (χ0) is 13.1. The highest BCUT2D eigenvalue weighted by Gasteiger charge is 2.16. The van der Waals surface area contributed by atoms with Crippen molar-refractivity contribution >= 4 is 27.4 Å². The Balaban J connectivity index is 1.60. The van der Waals surface area contributed by atoms with Crippen molar-refractivity contribution in [3.63, 3.8) is 0 Å². The van der Waals surface area contributed by atoms with Gasteiger partial charge in [-0.25, -0.2) is 15.8 Å². The molecule has 2 aromatic heterocycles. The van der Waals surface area contributed by atoms with Crippen LogP contribution in [-0.2, 0) is 11.3 Å². The number of thiophene rings is 1. The van der Waals surface area contributed by atoms with Gasteiger partial charge in [0.15, 0.2) is 11.6 Å². The molecule has 0 radical (unpaired) electrons. The highest BCUT2D eigenvalue weighted by molar-refractivity contribution is 7.16. The fraction of sp³-hybridized carbons (Fsp3) is 0.538. The fourth-order valence-electron chi connectivity index (χ4n) is 2.27. The van der Waals surface area contributed by atoms with Gasteiger partial charge < -0.3 is 10.2 Å². The zero-order valence-electron chi connectivity index (χ0n) is 10.8. The van der Waals surface area contributed by atoms with Gasteiger partial charge in [0.05, 0.1) is 5.39 Å². The molecular weight excluding hydrogens is 260 g/mol. The van der Waals surface area contributed by atoms with Crippen LogP contribution in [0.2, 0.25) is 0 Å². The standard InChI is InChI=1S/C13H18N4OS/c14-17-12-10-5-7-19-13(10)16-11(15-12)8-18-6-4-9-2-1-3-9/h5,7,9H,1-4,6,8,14H2,(H,15,16,17). The highest BCUT2D eigenvalue weighted by atomic mass is 32.1. The number of nitrogens with zero attached hydrogens (tertiary/aromatic N) is 2. The summed E-state index contributed by atoms with van der Waals surface area (Å²) < 4.78 is 5.66. The number of hydrogen-bond acceptors (Lipinski definition) is 6. The molecule has 1 aliphatic carbocycles. The number of anilines is 1. The first kappa shape index (κ1) is 12.8. The number of hydrogen-bond donors (Lipinski definition) is 2. The summed E-state index contributed by atoms with van der Waals surface area (Å²) in [6.45, 7) is 1.25. The lowest BCUT2D eigenvalue weighted by Gasteiger charge is -2.24. The summed E-state index contributed by atoms with van der Waals surface area (Å²) in [5, 5.41) is 2.95. The van der Waals surface area contributed by atoms with Crippen molar-refractivity contribution in [2.45, 2.75) is 32.3 Å². The largest absolute Gasteiger partial charge is 0.373 e. The van der Waals surface area contributed by atoms with E-state index < -0.39 is 0 Å². The van der Waals surface area contributed by atoms with Crippen molar-refractivity contribution in [2.24, 2.45) is 11.8 Å². The van der Waals surface area contributed by atoms with Gasteiger partial charge in [-0.3, -0.25) is 0 Å². The first-order valence-corrected chi connectivity index (χ1v) is 7.53. The second-order valence-corrected chi connectivity index (χ2v) is 5.80. The first-order valence-electron chi connectivity index (χ1n) is 6.65. The monoisotopic (exact) mass is 278 g/mol. The third-order valence-corrected chi connectivity index (χ3v) is 4.44. The van der Waals surface area contributed by atoms with E-state index in [9.17, 15) is 0 Å². The maximum atomic E-state index is 5.66. The van der Waals surface area contributed by atoms with Crippen molar-refractivity contribution in [1.82, 2.24) is 9.97 Å². The molecule has 6 heteroatoms. The molecule has 2 aromatic rings. The van der Waals surface area contributed by atoms with Gasteiger partial charge in [0, 0.05) is 6.61 Å². The van der Waals surface area contributed by atoms with Crippen molar-refractivity contribution in [3.8, 4) is 0 Å². The predicted molar refractivity (Wildman–Crippen MR) is 76.8 cm³/mol. The maximum Gasteiger partial charge on any atom is 0.158 e. The van der Waals surface area contributed by atoms with Crippen LogP contribution in [0.4, 0.5) is 5.82 Å². The zero-order valence-corrected chi connectivity index (χ0v) is 11.6. The van der Waals surface area contributed by atoms with Crippen molar-refractivity contribution < 1.29 is 4.74 Å². The molecule has 3 rings (SSSR count). The van der Waals surface area contributed by atoms with Gasteiger partial charge in [-0.1, -0.05) is 19.3 Å². The number of hydrazine groups is 1. The Bertz CT molecular complexity index is 553. The van der Waals surface area contributed by atoms with E-state index in [1.54, 1.807) is 11.3 Å². The van der Waals surface area contributed by atoms with E-state index in [2.05, 4.69) is 15.4 Å². The van der Waals surface area contributed by atoms with E-state index in [1.165, 1.54) is 19.3 Å². The lowest BCUT2D eigenvalue weighted by atomic mass is 9.83. The minimum absolute atomic E-state index is 0.454. The summed E-state index contributed by atoms with van der Waals surface area (Å²) >= 11 is 1.59. The van der Waals surface area contributed by atoms with Gasteiger partial charge >= 0.3 is 0 Å². The molecule has 1 aliphatic rings. The molecule has 5 nitrogen and oxygen atoms in total. The number of nitrogens with two attached hydrogens (primary N) is 1. The van der Waals surface area contributed by atoms with Crippen LogP contribution in [0.1, 0.15) is 31.5 Å². The van der Waals surface area contributed by atoms with Crippen LogP contribution in [0.5, 0.6) is 0 Å². The number of aromatic nitrogens is 2. The second-order valence-electron chi connectivity index (χ2n) is 4.91. The maximum absolute atomic E-state index is 5.66. The lowest BCUT2D eigenvalue weighted by Crippen LogP contribution is -2.14. The summed E-state index contributed by atoms with van der Waals surface area (Å²) in [4.78, 5) is 9.80. The number of nitrogen functional groups attached to an aromatic ring is 1. The molecule has 3 N–H and O–H groups in total. The molecule has 0 atom stereocenters. The molecule has 0 aliphatic heterocycles. The van der Waals surface area contributed by atoms with E-state index in [1.807, 2.05) is 11.4 Å². The molecular formula is C13H18N4OS. The van der Waals surface area contributed by atoms with Crippen LogP contribution in [-0.4, -0.2) is 16.6 Å².